The second kappa shape index (κ2) is 10.1. The second-order valence-corrected chi connectivity index (χ2v) is 8.00. The Morgan fingerprint density at radius 2 is 2.06 bits per heavy atom. The third kappa shape index (κ3) is 5.18. The van der Waals surface area contributed by atoms with E-state index in [-0.39, 0.29) is 18.2 Å². The number of morpholine rings is 1. The van der Waals surface area contributed by atoms with Crippen molar-refractivity contribution in [3.8, 4) is 5.75 Å². The van der Waals surface area contributed by atoms with Gasteiger partial charge < -0.3 is 19.2 Å². The van der Waals surface area contributed by atoms with Gasteiger partial charge in [0.2, 0.25) is 5.91 Å². The Kier molecular flexibility index (Phi) is 7.06. The van der Waals surface area contributed by atoms with Crippen LogP contribution in [-0.2, 0) is 9.53 Å². The van der Waals surface area contributed by atoms with E-state index in [0.29, 0.717) is 11.6 Å². The number of imidazole rings is 1. The molecule has 1 aromatic carbocycles. The quantitative estimate of drug-likeness (QED) is 0.581. The maximum absolute atomic E-state index is 12.9. The van der Waals surface area contributed by atoms with Gasteiger partial charge in [0.15, 0.2) is 0 Å². The van der Waals surface area contributed by atoms with E-state index in [1.165, 1.54) is 0 Å². The first-order valence-corrected chi connectivity index (χ1v) is 10.9. The van der Waals surface area contributed by atoms with Gasteiger partial charge >= 0.3 is 0 Å². The number of hydrogen-bond acceptors (Lipinski definition) is 5. The lowest BCUT2D eigenvalue weighted by Gasteiger charge is -2.26. The van der Waals surface area contributed by atoms with Crippen molar-refractivity contribution in [1.82, 2.24) is 19.6 Å². The van der Waals surface area contributed by atoms with Crippen molar-refractivity contribution >= 4 is 23.2 Å². The van der Waals surface area contributed by atoms with Crippen LogP contribution < -0.4 is 10.1 Å². The highest BCUT2D eigenvalue weighted by Gasteiger charge is 2.25. The van der Waals surface area contributed by atoms with Gasteiger partial charge in [0.1, 0.15) is 11.4 Å². The van der Waals surface area contributed by atoms with Crippen LogP contribution in [0, 0.1) is 0 Å². The number of carbonyl (C=O) groups is 1. The Morgan fingerprint density at radius 1 is 1.26 bits per heavy atom. The smallest absolute Gasteiger partial charge is 0.221 e. The summed E-state index contributed by atoms with van der Waals surface area (Å²) >= 11 is 6.24. The number of methoxy groups -OCH3 is 1. The number of aromatic nitrogens is 2. The molecule has 8 heteroatoms. The number of nitrogens with zero attached hydrogens (tertiary/aromatic N) is 3. The number of nitrogens with one attached hydrogen (secondary N) is 1. The summed E-state index contributed by atoms with van der Waals surface area (Å²) in [6.07, 6.45) is 3.92. The number of pyridine rings is 1. The van der Waals surface area contributed by atoms with Crippen LogP contribution in [0.25, 0.3) is 5.65 Å². The van der Waals surface area contributed by atoms with E-state index >= 15 is 0 Å². The molecule has 1 aliphatic rings. The minimum absolute atomic E-state index is 0.0128. The number of hydrogen-bond donors (Lipinski definition) is 1. The number of benzene rings is 1. The Labute approximate surface area is 186 Å². The fourth-order valence-corrected chi connectivity index (χ4v) is 4.16. The summed E-state index contributed by atoms with van der Waals surface area (Å²) in [5.41, 5.74) is 2.62. The Bertz CT molecular complexity index is 1030. The number of carbonyl (C=O) groups excluding carboxylic acids is 1. The largest absolute Gasteiger partial charge is 0.496 e. The third-order valence-electron chi connectivity index (χ3n) is 5.61. The van der Waals surface area contributed by atoms with E-state index in [9.17, 15) is 4.79 Å². The van der Waals surface area contributed by atoms with Gasteiger partial charge in [-0.2, -0.15) is 0 Å². The van der Waals surface area contributed by atoms with Crippen molar-refractivity contribution in [2.75, 3.05) is 46.5 Å². The molecule has 1 unspecified atom stereocenters. The van der Waals surface area contributed by atoms with Gasteiger partial charge in [-0.15, -0.1) is 0 Å². The van der Waals surface area contributed by atoms with Crippen LogP contribution in [0.1, 0.15) is 23.6 Å². The van der Waals surface area contributed by atoms with Gasteiger partial charge in [0.25, 0.3) is 0 Å². The van der Waals surface area contributed by atoms with Crippen LogP contribution in [0.3, 0.4) is 0 Å². The summed E-state index contributed by atoms with van der Waals surface area (Å²) < 4.78 is 12.9. The molecular formula is C23H27ClN4O3. The molecule has 1 saturated heterocycles. The van der Waals surface area contributed by atoms with Crippen LogP contribution in [0.2, 0.25) is 5.02 Å². The molecule has 7 nitrogen and oxygen atoms in total. The molecule has 164 valence electrons. The summed E-state index contributed by atoms with van der Waals surface area (Å²) in [6, 6.07) is 11.5. The van der Waals surface area contributed by atoms with E-state index in [1.54, 1.807) is 7.11 Å². The number of fused-ring (bicyclic) bond motifs is 1. The Balaban J connectivity index is 1.55. The first kappa shape index (κ1) is 21.6. The molecule has 2 aromatic heterocycles. The molecule has 31 heavy (non-hydrogen) atoms. The topological polar surface area (TPSA) is 68.1 Å². The molecule has 3 heterocycles. The molecule has 0 bridgehead atoms. The van der Waals surface area contributed by atoms with Crippen molar-refractivity contribution < 1.29 is 14.3 Å². The molecule has 0 spiro atoms. The summed E-state index contributed by atoms with van der Waals surface area (Å²) in [5, 5.41) is 3.68. The van der Waals surface area contributed by atoms with Gasteiger partial charge in [-0.05, 0) is 18.2 Å². The Hall–Kier alpha value is -2.61. The molecule has 0 saturated carbocycles. The average Bonchev–Trinajstić information content (AvgIpc) is 3.21. The van der Waals surface area contributed by atoms with E-state index in [1.807, 2.05) is 53.2 Å². The number of ether oxygens (including phenoxy) is 2. The van der Waals surface area contributed by atoms with E-state index in [4.69, 9.17) is 21.1 Å². The number of para-hydroxylation sites is 1. The van der Waals surface area contributed by atoms with Gasteiger partial charge in [0.05, 0.1) is 31.0 Å². The maximum Gasteiger partial charge on any atom is 0.221 e. The average molecular weight is 443 g/mol. The van der Waals surface area contributed by atoms with Crippen molar-refractivity contribution in [3.63, 3.8) is 0 Å². The summed E-state index contributed by atoms with van der Waals surface area (Å²) in [7, 11) is 1.64. The lowest BCUT2D eigenvalue weighted by Crippen LogP contribution is -2.41. The molecule has 0 aliphatic carbocycles. The summed E-state index contributed by atoms with van der Waals surface area (Å²) in [6.45, 7) is 4.74. The first-order valence-electron chi connectivity index (χ1n) is 10.5. The second-order valence-electron chi connectivity index (χ2n) is 7.56. The monoisotopic (exact) mass is 442 g/mol. The molecule has 3 aromatic rings. The van der Waals surface area contributed by atoms with E-state index in [0.717, 1.165) is 55.5 Å². The van der Waals surface area contributed by atoms with Crippen molar-refractivity contribution in [3.05, 3.63) is 65.1 Å². The lowest BCUT2D eigenvalue weighted by molar-refractivity contribution is -0.121. The van der Waals surface area contributed by atoms with E-state index < -0.39 is 0 Å². The SMILES string of the molecule is COc1ccccc1C(CC(=O)NCCN1CCOCC1)c1cnc2ccc(Cl)cn12. The maximum atomic E-state index is 12.9. The highest BCUT2D eigenvalue weighted by molar-refractivity contribution is 6.30. The van der Waals surface area contributed by atoms with Gasteiger partial charge in [-0.25, -0.2) is 4.98 Å². The van der Waals surface area contributed by atoms with Crippen LogP contribution in [-0.4, -0.2) is 66.7 Å². The molecule has 1 amide bonds. The predicted molar refractivity (Wildman–Crippen MR) is 120 cm³/mol. The van der Waals surface area contributed by atoms with Crippen LogP contribution in [0.5, 0.6) is 5.75 Å². The number of rotatable bonds is 8. The summed E-state index contributed by atoms with van der Waals surface area (Å²) in [4.78, 5) is 19.7. The fraction of sp³-hybridized carbons (Fsp3) is 0.391. The molecule has 0 radical (unpaired) electrons. The lowest BCUT2D eigenvalue weighted by atomic mass is 9.91. The first-order chi connectivity index (χ1) is 15.2. The highest BCUT2D eigenvalue weighted by atomic mass is 35.5. The zero-order chi connectivity index (χ0) is 21.6. The molecule has 1 aliphatic heterocycles. The molecule has 1 N–H and O–H groups in total. The van der Waals surface area contributed by atoms with Crippen LogP contribution in [0.4, 0.5) is 0 Å². The molecule has 1 atom stereocenters. The zero-order valence-corrected chi connectivity index (χ0v) is 18.3. The number of halogens is 1. The minimum atomic E-state index is -0.229. The predicted octanol–water partition coefficient (Wildman–Crippen LogP) is 2.97. The zero-order valence-electron chi connectivity index (χ0n) is 17.6. The van der Waals surface area contributed by atoms with Gasteiger partial charge in [-0.3, -0.25) is 9.69 Å². The third-order valence-corrected chi connectivity index (χ3v) is 5.84. The van der Waals surface area contributed by atoms with Gasteiger partial charge in [-0.1, -0.05) is 29.8 Å². The standard InChI is InChI=1S/C23H27ClN4O3/c1-30-21-5-3-2-4-18(21)19(20-15-26-22-7-6-17(24)16-28(20)22)14-23(29)25-8-9-27-10-12-31-13-11-27/h2-7,15-16,19H,8-14H2,1H3,(H,25,29). The highest BCUT2D eigenvalue weighted by Crippen LogP contribution is 2.35. The van der Waals surface area contributed by atoms with Crippen LogP contribution >= 0.6 is 11.6 Å². The number of amides is 1. The molecule has 4 rings (SSSR count). The van der Waals surface area contributed by atoms with Crippen molar-refractivity contribution in [1.29, 1.82) is 0 Å². The Morgan fingerprint density at radius 3 is 2.87 bits per heavy atom. The normalized spacial score (nSPS) is 15.7. The summed E-state index contributed by atoms with van der Waals surface area (Å²) in [5.74, 6) is 0.500. The van der Waals surface area contributed by atoms with E-state index in [2.05, 4.69) is 15.2 Å². The van der Waals surface area contributed by atoms with Crippen molar-refractivity contribution in [2.45, 2.75) is 12.3 Å². The van der Waals surface area contributed by atoms with Gasteiger partial charge in [0, 0.05) is 56.5 Å². The van der Waals surface area contributed by atoms with Crippen LogP contribution in [0.15, 0.2) is 48.8 Å². The minimum Gasteiger partial charge on any atom is -0.496 e. The fourth-order valence-electron chi connectivity index (χ4n) is 4.00. The van der Waals surface area contributed by atoms with Crippen molar-refractivity contribution in [2.24, 2.45) is 0 Å². The molecular weight excluding hydrogens is 416 g/mol. The molecule has 1 fully saturated rings.